The maximum absolute atomic E-state index is 13.1. The maximum atomic E-state index is 13.1. The van der Waals surface area contributed by atoms with Crippen molar-refractivity contribution >= 4 is 29.2 Å². The van der Waals surface area contributed by atoms with E-state index in [1.807, 2.05) is 61.5 Å². The molecule has 1 aromatic heterocycles. The van der Waals surface area contributed by atoms with E-state index in [9.17, 15) is 9.59 Å². The minimum atomic E-state index is -0.611. The van der Waals surface area contributed by atoms with Crippen LogP contribution in [-0.2, 0) is 16.0 Å². The average molecular weight is 472 g/mol. The van der Waals surface area contributed by atoms with Crippen LogP contribution < -0.4 is 4.90 Å². The summed E-state index contributed by atoms with van der Waals surface area (Å²) < 4.78 is 7.12. The van der Waals surface area contributed by atoms with Gasteiger partial charge in [-0.3, -0.25) is 4.79 Å². The molecule has 170 valence electrons. The normalized spacial score (nSPS) is 14.6. The molecule has 0 spiro atoms. The molecule has 0 radical (unpaired) electrons. The molecule has 0 saturated carbocycles. The van der Waals surface area contributed by atoms with Gasteiger partial charge in [-0.1, -0.05) is 60.1 Å². The average Bonchev–Trinajstić information content (AvgIpc) is 3.44. The molecule has 1 amide bonds. The number of amides is 1. The van der Waals surface area contributed by atoms with Crippen molar-refractivity contribution in [1.82, 2.24) is 9.78 Å². The summed E-state index contributed by atoms with van der Waals surface area (Å²) in [5.41, 5.74) is 4.24. The van der Waals surface area contributed by atoms with Crippen molar-refractivity contribution in [2.24, 2.45) is 0 Å². The molecule has 2 heterocycles. The number of fused-ring (bicyclic) bond motifs is 1. The molecule has 5 rings (SSSR count). The number of anilines is 1. The number of hydrogen-bond donors (Lipinski definition) is 0. The highest BCUT2D eigenvalue weighted by Crippen LogP contribution is 2.32. The lowest BCUT2D eigenvalue weighted by atomic mass is 10.1. The van der Waals surface area contributed by atoms with Crippen LogP contribution in [0.1, 0.15) is 22.8 Å². The van der Waals surface area contributed by atoms with E-state index in [4.69, 9.17) is 16.3 Å². The van der Waals surface area contributed by atoms with Crippen LogP contribution in [0.4, 0.5) is 5.69 Å². The third kappa shape index (κ3) is 4.20. The number of carbonyl (C=O) groups excluding carboxylic acids is 2. The summed E-state index contributed by atoms with van der Waals surface area (Å²) in [6.07, 6.45) is 2.40. The predicted octanol–water partition coefficient (Wildman–Crippen LogP) is 5.33. The molecule has 1 atom stereocenters. The van der Waals surface area contributed by atoms with Crippen molar-refractivity contribution in [2.45, 2.75) is 19.4 Å². The molecule has 7 heteroatoms. The smallest absolute Gasteiger partial charge is 0.342 e. The van der Waals surface area contributed by atoms with E-state index in [1.165, 1.54) is 0 Å². The zero-order chi connectivity index (χ0) is 23.7. The third-order valence-electron chi connectivity index (χ3n) is 5.88. The Kier molecular flexibility index (Phi) is 5.90. The molecule has 1 aliphatic heterocycles. The highest BCUT2D eigenvalue weighted by molar-refractivity contribution is 6.30. The van der Waals surface area contributed by atoms with Gasteiger partial charge in [-0.15, -0.1) is 0 Å². The van der Waals surface area contributed by atoms with Gasteiger partial charge in [-0.2, -0.15) is 5.10 Å². The monoisotopic (exact) mass is 471 g/mol. The summed E-state index contributed by atoms with van der Waals surface area (Å²) >= 11 is 6.04. The number of hydrogen-bond acceptors (Lipinski definition) is 4. The van der Waals surface area contributed by atoms with Crippen molar-refractivity contribution < 1.29 is 14.3 Å². The van der Waals surface area contributed by atoms with Crippen molar-refractivity contribution in [1.29, 1.82) is 0 Å². The summed E-state index contributed by atoms with van der Waals surface area (Å²) in [6, 6.07) is 24.4. The summed E-state index contributed by atoms with van der Waals surface area (Å²) in [4.78, 5) is 27.8. The Hall–Kier alpha value is -3.90. The maximum Gasteiger partial charge on any atom is 0.342 e. The molecule has 0 bridgehead atoms. The van der Waals surface area contributed by atoms with E-state index >= 15 is 0 Å². The second kappa shape index (κ2) is 9.15. The number of rotatable bonds is 5. The van der Waals surface area contributed by atoms with Gasteiger partial charge in [0.2, 0.25) is 0 Å². The predicted molar refractivity (Wildman–Crippen MR) is 131 cm³/mol. The van der Waals surface area contributed by atoms with Crippen LogP contribution >= 0.6 is 11.6 Å². The highest BCUT2D eigenvalue weighted by Gasteiger charge is 2.31. The van der Waals surface area contributed by atoms with Crippen LogP contribution in [0, 0.1) is 0 Å². The lowest BCUT2D eigenvalue weighted by Crippen LogP contribution is -2.38. The minimum absolute atomic E-state index is 0.00839. The molecular formula is C27H22ClN3O3. The first-order valence-corrected chi connectivity index (χ1v) is 11.4. The van der Waals surface area contributed by atoms with E-state index in [1.54, 1.807) is 40.0 Å². The topological polar surface area (TPSA) is 64.4 Å². The summed E-state index contributed by atoms with van der Waals surface area (Å²) in [5.74, 6) is -0.866. The standard InChI is InChI=1S/C27H22ClN3O3/c1-18-15-20-7-5-6-10-24(20)31(18)25(32)17-34-27(33)23-16-30(22-8-3-2-4-9-22)29-26(23)19-11-13-21(28)14-12-19/h2-14,16,18H,15,17H2,1H3. The third-order valence-corrected chi connectivity index (χ3v) is 6.13. The fourth-order valence-corrected chi connectivity index (χ4v) is 4.40. The molecule has 3 aromatic carbocycles. The largest absolute Gasteiger partial charge is 0.452 e. The zero-order valence-electron chi connectivity index (χ0n) is 18.5. The van der Waals surface area contributed by atoms with Crippen LogP contribution in [0.25, 0.3) is 16.9 Å². The molecule has 1 unspecified atom stereocenters. The summed E-state index contributed by atoms with van der Waals surface area (Å²) in [5, 5.41) is 5.21. The molecule has 0 saturated heterocycles. The number of benzene rings is 3. The molecule has 6 nitrogen and oxygen atoms in total. The van der Waals surface area contributed by atoms with Crippen LogP contribution in [0.3, 0.4) is 0 Å². The van der Waals surface area contributed by atoms with Crippen LogP contribution in [0.15, 0.2) is 85.1 Å². The van der Waals surface area contributed by atoms with Gasteiger partial charge in [0.1, 0.15) is 11.3 Å². The second-order valence-electron chi connectivity index (χ2n) is 8.20. The highest BCUT2D eigenvalue weighted by atomic mass is 35.5. The molecule has 0 fully saturated rings. The SMILES string of the molecule is CC1Cc2ccccc2N1C(=O)COC(=O)c1cn(-c2ccccc2)nc1-c1ccc(Cl)cc1. The van der Waals surface area contributed by atoms with Gasteiger partial charge in [0.25, 0.3) is 5.91 Å². The Labute approximate surface area is 202 Å². The Morgan fingerprint density at radius 3 is 2.47 bits per heavy atom. The number of para-hydroxylation sites is 2. The quantitative estimate of drug-likeness (QED) is 0.369. The first-order valence-electron chi connectivity index (χ1n) is 11.0. The number of nitrogens with zero attached hydrogens (tertiary/aromatic N) is 3. The zero-order valence-corrected chi connectivity index (χ0v) is 19.3. The number of carbonyl (C=O) groups is 2. The molecule has 0 N–H and O–H groups in total. The number of halogens is 1. The van der Waals surface area contributed by atoms with Gasteiger partial charge in [-0.25, -0.2) is 9.48 Å². The van der Waals surface area contributed by atoms with Crippen LogP contribution in [0.2, 0.25) is 5.02 Å². The van der Waals surface area contributed by atoms with Gasteiger partial charge in [-0.05, 0) is 49.2 Å². The minimum Gasteiger partial charge on any atom is -0.452 e. The summed E-state index contributed by atoms with van der Waals surface area (Å²) in [6.45, 7) is 1.64. The van der Waals surface area contributed by atoms with Crippen molar-refractivity contribution in [3.8, 4) is 16.9 Å². The van der Waals surface area contributed by atoms with E-state index < -0.39 is 5.97 Å². The first kappa shape index (κ1) is 21.9. The van der Waals surface area contributed by atoms with Gasteiger partial charge in [0, 0.05) is 28.5 Å². The van der Waals surface area contributed by atoms with Crippen molar-refractivity contribution in [3.63, 3.8) is 0 Å². The first-order chi connectivity index (χ1) is 16.5. The number of aromatic nitrogens is 2. The van der Waals surface area contributed by atoms with Gasteiger partial charge >= 0.3 is 5.97 Å². The van der Waals surface area contributed by atoms with E-state index in [-0.39, 0.29) is 24.1 Å². The molecule has 4 aromatic rings. The molecule has 1 aliphatic rings. The Balaban J connectivity index is 1.40. The van der Waals surface area contributed by atoms with Gasteiger partial charge in [0.15, 0.2) is 6.61 Å². The van der Waals surface area contributed by atoms with E-state index in [0.717, 1.165) is 28.9 Å². The van der Waals surface area contributed by atoms with E-state index in [2.05, 4.69) is 5.10 Å². The second-order valence-corrected chi connectivity index (χ2v) is 8.64. The number of esters is 1. The fourth-order valence-electron chi connectivity index (χ4n) is 4.28. The van der Waals surface area contributed by atoms with Gasteiger partial charge < -0.3 is 9.64 Å². The Morgan fingerprint density at radius 1 is 1.00 bits per heavy atom. The van der Waals surface area contributed by atoms with Crippen molar-refractivity contribution in [3.05, 3.63) is 101 Å². The molecular weight excluding hydrogens is 450 g/mol. The lowest BCUT2D eigenvalue weighted by molar-refractivity contribution is -0.122. The van der Waals surface area contributed by atoms with Crippen LogP contribution in [-0.4, -0.2) is 34.3 Å². The fraction of sp³-hybridized carbons (Fsp3) is 0.148. The number of ether oxygens (including phenoxy) is 1. The Morgan fingerprint density at radius 2 is 1.71 bits per heavy atom. The molecule has 34 heavy (non-hydrogen) atoms. The summed E-state index contributed by atoms with van der Waals surface area (Å²) in [7, 11) is 0. The van der Waals surface area contributed by atoms with Gasteiger partial charge in [0.05, 0.1) is 5.69 Å². The van der Waals surface area contributed by atoms with E-state index in [0.29, 0.717) is 10.7 Å². The lowest BCUT2D eigenvalue weighted by Gasteiger charge is -2.22. The Bertz CT molecular complexity index is 1350. The molecule has 0 aliphatic carbocycles. The van der Waals surface area contributed by atoms with Crippen molar-refractivity contribution in [2.75, 3.05) is 11.5 Å². The van der Waals surface area contributed by atoms with Crippen LogP contribution in [0.5, 0.6) is 0 Å².